The molecular formula is C16H20FN3OS. The van der Waals surface area contributed by atoms with Crippen molar-refractivity contribution >= 4 is 23.5 Å². The quantitative estimate of drug-likeness (QED) is 0.893. The molecule has 2 atom stereocenters. The first-order valence-corrected chi connectivity index (χ1v) is 8.06. The molecule has 0 aromatic heterocycles. The van der Waals surface area contributed by atoms with Crippen molar-refractivity contribution < 1.29 is 9.18 Å². The van der Waals surface area contributed by atoms with Gasteiger partial charge in [0, 0.05) is 10.4 Å². The Morgan fingerprint density at radius 3 is 2.73 bits per heavy atom. The zero-order valence-corrected chi connectivity index (χ0v) is 13.9. The van der Waals surface area contributed by atoms with E-state index in [1.54, 1.807) is 22.7 Å². The fourth-order valence-electron chi connectivity index (χ4n) is 2.58. The Hall–Kier alpha value is -1.74. The van der Waals surface area contributed by atoms with Crippen LogP contribution in [0.15, 0.2) is 24.3 Å². The van der Waals surface area contributed by atoms with Gasteiger partial charge in [0.25, 0.3) is 0 Å². The highest BCUT2D eigenvalue weighted by Crippen LogP contribution is 2.46. The predicted octanol–water partition coefficient (Wildman–Crippen LogP) is 4.06. The van der Waals surface area contributed by atoms with E-state index in [1.165, 1.54) is 18.2 Å². The van der Waals surface area contributed by atoms with Gasteiger partial charge >= 0.3 is 6.03 Å². The van der Waals surface area contributed by atoms with Crippen molar-refractivity contribution in [1.29, 1.82) is 5.26 Å². The molecular weight excluding hydrogens is 301 g/mol. The van der Waals surface area contributed by atoms with Gasteiger partial charge in [-0.15, -0.1) is 11.8 Å². The molecule has 0 saturated carbocycles. The molecule has 1 fully saturated rings. The summed E-state index contributed by atoms with van der Waals surface area (Å²) in [4.78, 5) is 14.2. The molecule has 1 aromatic carbocycles. The Kier molecular flexibility index (Phi) is 4.66. The standard InChI is InChI=1S/C16H20FN3OS/c1-10(2)14-20(13(9-18)16(3,4)22-14)15(21)19-12-7-5-6-11(17)8-12/h5-8,10,13-14H,1-4H3,(H,19,21). The molecule has 0 aliphatic carbocycles. The summed E-state index contributed by atoms with van der Waals surface area (Å²) in [6.07, 6.45) is 0. The number of amides is 2. The maximum absolute atomic E-state index is 13.2. The highest BCUT2D eigenvalue weighted by Gasteiger charge is 2.50. The minimum Gasteiger partial charge on any atom is -0.308 e. The average molecular weight is 321 g/mol. The number of thioether (sulfide) groups is 1. The fraction of sp³-hybridized carbons (Fsp3) is 0.500. The van der Waals surface area contributed by atoms with Crippen LogP contribution in [0.1, 0.15) is 27.7 Å². The van der Waals surface area contributed by atoms with Crippen molar-refractivity contribution in [2.24, 2.45) is 5.92 Å². The van der Waals surface area contributed by atoms with E-state index >= 15 is 0 Å². The lowest BCUT2D eigenvalue weighted by Crippen LogP contribution is -2.48. The number of nitriles is 1. The van der Waals surface area contributed by atoms with Gasteiger partial charge < -0.3 is 5.32 Å². The van der Waals surface area contributed by atoms with Gasteiger partial charge in [-0.25, -0.2) is 9.18 Å². The summed E-state index contributed by atoms with van der Waals surface area (Å²) in [5.74, 6) is -0.202. The van der Waals surface area contributed by atoms with E-state index in [4.69, 9.17) is 0 Å². The Bertz CT molecular complexity index is 612. The van der Waals surface area contributed by atoms with Gasteiger partial charge in [0.15, 0.2) is 0 Å². The smallest absolute Gasteiger partial charge is 0.308 e. The number of urea groups is 1. The first kappa shape index (κ1) is 16.6. The zero-order valence-electron chi connectivity index (χ0n) is 13.1. The van der Waals surface area contributed by atoms with Crippen molar-refractivity contribution in [3.63, 3.8) is 0 Å². The molecule has 1 heterocycles. The molecule has 1 saturated heterocycles. The third kappa shape index (κ3) is 3.20. The van der Waals surface area contributed by atoms with Crippen molar-refractivity contribution in [3.8, 4) is 6.07 Å². The fourth-order valence-corrected chi connectivity index (χ4v) is 4.10. The van der Waals surface area contributed by atoms with Gasteiger partial charge in [0.2, 0.25) is 0 Å². The van der Waals surface area contributed by atoms with E-state index in [-0.39, 0.29) is 22.1 Å². The van der Waals surface area contributed by atoms with Gasteiger partial charge in [-0.3, -0.25) is 4.90 Å². The van der Waals surface area contributed by atoms with Crippen LogP contribution >= 0.6 is 11.8 Å². The molecule has 4 nitrogen and oxygen atoms in total. The average Bonchev–Trinajstić information content (AvgIpc) is 2.69. The number of benzene rings is 1. The van der Waals surface area contributed by atoms with Gasteiger partial charge in [-0.1, -0.05) is 19.9 Å². The molecule has 1 aliphatic heterocycles. The second-order valence-corrected chi connectivity index (χ2v) is 8.01. The Labute approximate surface area is 134 Å². The molecule has 0 spiro atoms. The van der Waals surface area contributed by atoms with Crippen LogP contribution in [-0.4, -0.2) is 27.1 Å². The number of nitrogens with zero attached hydrogens (tertiary/aromatic N) is 2. The van der Waals surface area contributed by atoms with Crippen LogP contribution in [0.5, 0.6) is 0 Å². The lowest BCUT2D eigenvalue weighted by Gasteiger charge is -2.29. The van der Waals surface area contributed by atoms with Gasteiger partial charge in [-0.05, 0) is 38.0 Å². The van der Waals surface area contributed by atoms with Gasteiger partial charge in [-0.2, -0.15) is 5.26 Å². The molecule has 22 heavy (non-hydrogen) atoms. The van der Waals surface area contributed by atoms with E-state index in [2.05, 4.69) is 11.4 Å². The Morgan fingerprint density at radius 1 is 1.50 bits per heavy atom. The monoisotopic (exact) mass is 321 g/mol. The van der Waals surface area contributed by atoms with Crippen LogP contribution in [-0.2, 0) is 0 Å². The number of anilines is 1. The number of hydrogen-bond acceptors (Lipinski definition) is 3. The largest absolute Gasteiger partial charge is 0.323 e. The summed E-state index contributed by atoms with van der Waals surface area (Å²) in [7, 11) is 0. The molecule has 118 valence electrons. The Morgan fingerprint density at radius 2 is 2.18 bits per heavy atom. The minimum atomic E-state index is -0.529. The van der Waals surface area contributed by atoms with Crippen molar-refractivity contribution in [2.45, 2.75) is 43.9 Å². The van der Waals surface area contributed by atoms with Crippen LogP contribution in [0.3, 0.4) is 0 Å². The molecule has 2 rings (SSSR count). The number of carbonyl (C=O) groups is 1. The number of rotatable bonds is 2. The number of halogens is 1. The maximum atomic E-state index is 13.2. The van der Waals surface area contributed by atoms with Crippen molar-refractivity contribution in [3.05, 3.63) is 30.1 Å². The first-order valence-electron chi connectivity index (χ1n) is 7.18. The third-order valence-corrected chi connectivity index (χ3v) is 5.48. The molecule has 6 heteroatoms. The zero-order chi connectivity index (χ0) is 16.5. The minimum absolute atomic E-state index is 0.0896. The van der Waals surface area contributed by atoms with E-state index in [9.17, 15) is 14.4 Å². The summed E-state index contributed by atoms with van der Waals surface area (Å²) in [5, 5.41) is 12.1. The normalized spacial score (nSPS) is 23.4. The van der Waals surface area contributed by atoms with Gasteiger partial charge in [0.1, 0.15) is 11.9 Å². The van der Waals surface area contributed by atoms with Gasteiger partial charge in [0.05, 0.1) is 11.4 Å². The van der Waals surface area contributed by atoms with Crippen LogP contribution < -0.4 is 5.32 Å². The summed E-state index contributed by atoms with van der Waals surface area (Å²) >= 11 is 1.63. The highest BCUT2D eigenvalue weighted by atomic mass is 32.2. The van der Waals surface area contributed by atoms with Crippen LogP contribution in [0.4, 0.5) is 14.9 Å². The highest BCUT2D eigenvalue weighted by molar-refractivity contribution is 8.01. The lowest BCUT2D eigenvalue weighted by molar-refractivity contribution is 0.184. The second-order valence-electron chi connectivity index (χ2n) is 6.24. The number of carbonyl (C=O) groups excluding carboxylic acids is 1. The molecule has 1 aromatic rings. The maximum Gasteiger partial charge on any atom is 0.323 e. The summed E-state index contributed by atoms with van der Waals surface area (Å²) in [6.45, 7) is 7.98. The first-order chi connectivity index (χ1) is 10.3. The Balaban J connectivity index is 2.27. The van der Waals surface area contributed by atoms with Crippen molar-refractivity contribution in [2.75, 3.05) is 5.32 Å². The molecule has 1 N–H and O–H groups in total. The molecule has 2 unspecified atom stereocenters. The van der Waals surface area contributed by atoms with E-state index in [0.717, 1.165) is 0 Å². The topological polar surface area (TPSA) is 56.1 Å². The third-order valence-electron chi connectivity index (χ3n) is 3.64. The number of nitrogens with one attached hydrogen (secondary N) is 1. The summed E-state index contributed by atoms with van der Waals surface area (Å²) < 4.78 is 12.9. The SMILES string of the molecule is CC(C)C1SC(C)(C)C(C#N)N1C(=O)Nc1cccc(F)c1. The van der Waals surface area contributed by atoms with Crippen LogP contribution in [0.25, 0.3) is 0 Å². The van der Waals surface area contributed by atoms with Crippen molar-refractivity contribution in [1.82, 2.24) is 4.90 Å². The molecule has 1 aliphatic rings. The molecule has 0 radical (unpaired) electrons. The van der Waals surface area contributed by atoms with Crippen LogP contribution in [0, 0.1) is 23.1 Å². The summed E-state index contributed by atoms with van der Waals surface area (Å²) in [5.41, 5.74) is 0.388. The predicted molar refractivity (Wildman–Crippen MR) is 87.0 cm³/mol. The lowest BCUT2D eigenvalue weighted by atomic mass is 10.0. The van der Waals surface area contributed by atoms with E-state index in [1.807, 2.05) is 27.7 Å². The summed E-state index contributed by atoms with van der Waals surface area (Å²) in [6, 6.07) is 7.09. The van der Waals surface area contributed by atoms with Crippen LogP contribution in [0.2, 0.25) is 0 Å². The number of hydrogen-bond donors (Lipinski definition) is 1. The molecule has 0 bridgehead atoms. The van der Waals surface area contributed by atoms with E-state index < -0.39 is 11.9 Å². The van der Waals surface area contributed by atoms with E-state index in [0.29, 0.717) is 5.69 Å². The molecule has 2 amide bonds. The second kappa shape index (κ2) is 6.17.